The second-order valence-corrected chi connectivity index (χ2v) is 9.85. The lowest BCUT2D eigenvalue weighted by Gasteiger charge is -2.29. The van der Waals surface area contributed by atoms with Crippen LogP contribution in [0.15, 0.2) is 34.7 Å². The van der Waals surface area contributed by atoms with Crippen LogP contribution in [0.1, 0.15) is 73.8 Å². The standard InChI is InChI=1S/C27H37N4O10P/c1-4-7-8-9-19(21(5-2)31(36)17-32)25(33)28-15-29-27(35)23-13-12-22(41-23)18-10-11-20(24(14-18)39-6-3)26(34)30-16-40-42(37)38/h10-14,17,19,21,36H,4-9,15-16H2,1-3H3,(H3-,28,29,30,33,34,35,37,38)/p+1. The molecule has 0 saturated heterocycles. The summed E-state index contributed by atoms with van der Waals surface area (Å²) in [4.78, 5) is 57.8. The van der Waals surface area contributed by atoms with E-state index in [2.05, 4.69) is 20.5 Å². The summed E-state index contributed by atoms with van der Waals surface area (Å²) in [6.07, 6.45) is 3.72. The minimum atomic E-state index is -2.86. The van der Waals surface area contributed by atoms with Gasteiger partial charge in [0.15, 0.2) is 12.5 Å². The van der Waals surface area contributed by atoms with Crippen molar-refractivity contribution in [2.24, 2.45) is 5.92 Å². The minimum absolute atomic E-state index is 0.0253. The fraction of sp³-hybridized carbons (Fsp3) is 0.481. The highest BCUT2D eigenvalue weighted by Crippen LogP contribution is 2.29. The van der Waals surface area contributed by atoms with Crippen LogP contribution in [0.25, 0.3) is 11.3 Å². The molecule has 0 aliphatic rings. The summed E-state index contributed by atoms with van der Waals surface area (Å²) in [7, 11) is -2.86. The molecular formula is C27H38N4O10P+. The third-order valence-corrected chi connectivity index (χ3v) is 6.70. The van der Waals surface area contributed by atoms with Gasteiger partial charge in [-0.3, -0.25) is 24.4 Å². The smallest absolute Gasteiger partial charge is 0.493 e. The van der Waals surface area contributed by atoms with Gasteiger partial charge in [0.25, 0.3) is 11.8 Å². The molecular weight excluding hydrogens is 571 g/mol. The molecule has 3 unspecified atom stereocenters. The van der Waals surface area contributed by atoms with Crippen molar-refractivity contribution in [2.45, 2.75) is 58.9 Å². The summed E-state index contributed by atoms with van der Waals surface area (Å²) in [6, 6.07) is 6.94. The fourth-order valence-electron chi connectivity index (χ4n) is 4.28. The average molecular weight is 610 g/mol. The topological polar surface area (TPSA) is 197 Å². The second kappa shape index (κ2) is 17.9. The Morgan fingerprint density at radius 3 is 2.48 bits per heavy atom. The Bertz CT molecular complexity index is 1220. The third kappa shape index (κ3) is 10.2. The summed E-state index contributed by atoms with van der Waals surface area (Å²) >= 11 is 0. The second-order valence-electron chi connectivity index (χ2n) is 9.11. The number of hydrogen-bond donors (Lipinski definition) is 5. The maximum absolute atomic E-state index is 12.9. The van der Waals surface area contributed by atoms with Gasteiger partial charge in [0.05, 0.1) is 30.8 Å². The molecule has 0 aliphatic carbocycles. The highest BCUT2D eigenvalue weighted by molar-refractivity contribution is 7.32. The first-order valence-corrected chi connectivity index (χ1v) is 14.7. The molecule has 14 nitrogen and oxygen atoms in total. The number of hydroxylamine groups is 2. The molecule has 1 aromatic carbocycles. The van der Waals surface area contributed by atoms with Crippen LogP contribution in [0.5, 0.6) is 5.75 Å². The Hall–Kier alpha value is -3.84. The van der Waals surface area contributed by atoms with Crippen molar-refractivity contribution in [1.29, 1.82) is 0 Å². The van der Waals surface area contributed by atoms with Gasteiger partial charge in [0, 0.05) is 10.1 Å². The number of carbonyl (C=O) groups excluding carboxylic acids is 4. The lowest BCUT2D eigenvalue weighted by atomic mass is 9.90. The Morgan fingerprint density at radius 1 is 1.07 bits per heavy atom. The number of benzene rings is 1. The van der Waals surface area contributed by atoms with Crippen molar-refractivity contribution in [1.82, 2.24) is 21.0 Å². The predicted molar refractivity (Wildman–Crippen MR) is 150 cm³/mol. The van der Waals surface area contributed by atoms with Crippen molar-refractivity contribution in [2.75, 3.05) is 20.0 Å². The zero-order valence-corrected chi connectivity index (χ0v) is 24.7. The summed E-state index contributed by atoms with van der Waals surface area (Å²) in [5.41, 5.74) is 0.676. The van der Waals surface area contributed by atoms with Gasteiger partial charge in [-0.1, -0.05) is 43.7 Å². The van der Waals surface area contributed by atoms with Crippen LogP contribution >= 0.6 is 8.25 Å². The average Bonchev–Trinajstić information content (AvgIpc) is 3.47. The van der Waals surface area contributed by atoms with Crippen LogP contribution in [-0.2, 0) is 18.7 Å². The van der Waals surface area contributed by atoms with E-state index >= 15 is 0 Å². The molecule has 5 N–H and O–H groups in total. The molecule has 2 rings (SSSR count). The van der Waals surface area contributed by atoms with E-state index in [9.17, 15) is 29.0 Å². The third-order valence-electron chi connectivity index (χ3n) is 6.35. The van der Waals surface area contributed by atoms with Gasteiger partial charge in [-0.05, 0) is 44.0 Å². The number of unbranched alkanes of at least 4 members (excludes halogenated alkanes) is 2. The van der Waals surface area contributed by atoms with E-state index in [0.717, 1.165) is 19.3 Å². The number of furan rings is 1. The molecule has 1 aromatic heterocycles. The summed E-state index contributed by atoms with van der Waals surface area (Å²) in [5, 5.41) is 18.0. The molecule has 0 saturated carbocycles. The highest BCUT2D eigenvalue weighted by Gasteiger charge is 2.30. The molecule has 0 radical (unpaired) electrons. The van der Waals surface area contributed by atoms with Gasteiger partial charge in [0.2, 0.25) is 12.3 Å². The number of hydrogen-bond acceptors (Lipinski definition) is 9. The van der Waals surface area contributed by atoms with E-state index in [1.165, 1.54) is 12.1 Å². The lowest BCUT2D eigenvalue weighted by molar-refractivity contribution is -0.168. The van der Waals surface area contributed by atoms with Crippen LogP contribution in [0.2, 0.25) is 0 Å². The molecule has 0 aliphatic heterocycles. The van der Waals surface area contributed by atoms with Gasteiger partial charge in [-0.25, -0.2) is 5.06 Å². The van der Waals surface area contributed by atoms with E-state index in [1.54, 1.807) is 32.0 Å². The quantitative estimate of drug-likeness (QED) is 0.0393. The van der Waals surface area contributed by atoms with Crippen LogP contribution < -0.4 is 20.7 Å². The van der Waals surface area contributed by atoms with Gasteiger partial charge in [-0.15, -0.1) is 4.89 Å². The summed E-state index contributed by atoms with van der Waals surface area (Å²) < 4.78 is 26.3. The van der Waals surface area contributed by atoms with Crippen LogP contribution in [0, 0.1) is 5.92 Å². The molecule has 2 aromatic rings. The molecule has 1 heterocycles. The van der Waals surface area contributed by atoms with Gasteiger partial charge < -0.3 is 25.1 Å². The number of nitrogens with zero attached hydrogens (tertiary/aromatic N) is 1. The maximum Gasteiger partial charge on any atom is 0.696 e. The number of rotatable bonds is 19. The zero-order chi connectivity index (χ0) is 31.1. The minimum Gasteiger partial charge on any atom is -0.493 e. The number of amides is 4. The molecule has 15 heteroatoms. The van der Waals surface area contributed by atoms with Gasteiger partial charge >= 0.3 is 8.25 Å². The molecule has 230 valence electrons. The number of carbonyl (C=O) groups is 4. The van der Waals surface area contributed by atoms with E-state index in [4.69, 9.17) is 14.0 Å². The van der Waals surface area contributed by atoms with Crippen molar-refractivity contribution in [3.63, 3.8) is 0 Å². The molecule has 0 fully saturated rings. The van der Waals surface area contributed by atoms with Crippen molar-refractivity contribution in [3.8, 4) is 17.1 Å². The van der Waals surface area contributed by atoms with Gasteiger partial charge in [-0.2, -0.15) is 0 Å². The van der Waals surface area contributed by atoms with Crippen LogP contribution in [0.4, 0.5) is 0 Å². The van der Waals surface area contributed by atoms with E-state index in [1.807, 2.05) is 6.92 Å². The highest BCUT2D eigenvalue weighted by atomic mass is 31.1. The first kappa shape index (κ1) is 34.4. The largest absolute Gasteiger partial charge is 0.696 e. The predicted octanol–water partition coefficient (Wildman–Crippen LogP) is 3.33. The van der Waals surface area contributed by atoms with Crippen LogP contribution in [-0.4, -0.2) is 65.3 Å². The Labute approximate surface area is 244 Å². The first-order valence-electron chi connectivity index (χ1n) is 13.6. The molecule has 0 bridgehead atoms. The zero-order valence-electron chi connectivity index (χ0n) is 23.8. The molecule has 4 amide bonds. The monoisotopic (exact) mass is 609 g/mol. The van der Waals surface area contributed by atoms with Gasteiger partial charge in [0.1, 0.15) is 11.5 Å². The molecule has 3 atom stereocenters. The van der Waals surface area contributed by atoms with E-state index < -0.39 is 44.7 Å². The molecule has 42 heavy (non-hydrogen) atoms. The summed E-state index contributed by atoms with van der Waals surface area (Å²) in [5.74, 6) is -1.71. The normalized spacial score (nSPS) is 12.5. The number of ether oxygens (including phenoxy) is 1. The van der Waals surface area contributed by atoms with Crippen LogP contribution in [0.3, 0.4) is 0 Å². The SMILES string of the molecule is CCCCCC(C(=O)NCNC(=O)c1ccc(-c2ccc(C(=O)NCO[P+](=O)O)c(OCC)c2)o1)C(CC)N(O)C=O. The van der Waals surface area contributed by atoms with E-state index in [0.29, 0.717) is 29.2 Å². The Kier molecular flexibility index (Phi) is 14.6. The lowest BCUT2D eigenvalue weighted by Crippen LogP contribution is -2.47. The molecule has 0 spiro atoms. The van der Waals surface area contributed by atoms with Crippen molar-refractivity contribution in [3.05, 3.63) is 41.7 Å². The van der Waals surface area contributed by atoms with E-state index in [-0.39, 0.29) is 36.8 Å². The maximum atomic E-state index is 12.9. The first-order chi connectivity index (χ1) is 20.2. The Balaban J connectivity index is 2.05. The Morgan fingerprint density at radius 2 is 1.83 bits per heavy atom. The van der Waals surface area contributed by atoms with Crippen molar-refractivity contribution < 1.29 is 47.5 Å². The number of nitrogens with one attached hydrogen (secondary N) is 3. The van der Waals surface area contributed by atoms with Crippen molar-refractivity contribution >= 4 is 32.4 Å². The summed E-state index contributed by atoms with van der Waals surface area (Å²) in [6.45, 7) is 5.12. The fourth-order valence-corrected chi connectivity index (χ4v) is 4.45.